The zero-order valence-electron chi connectivity index (χ0n) is 45.3. The van der Waals surface area contributed by atoms with E-state index in [1.807, 2.05) is 103 Å². The SMILES string of the molecule is CCc1cc(-c2scnc2C)ccc1[C@H](C)NC(=O)[C@@H]1C[C@@H](O)CN1C(=O)[C@@H](NC(C)=O)C(C)(C)C.COc1cc([C@@H](CC(=O)O)c2ccc(C)c(CN3C[C@@H](C)Oc4cc(C)ccc4S3(=O)=O)c2)cc2nnn(C)c12. The van der Waals surface area contributed by atoms with Crippen LogP contribution < -0.4 is 20.1 Å². The third-order valence-corrected chi connectivity index (χ3v) is 16.8. The van der Waals surface area contributed by atoms with E-state index in [4.69, 9.17) is 9.47 Å². The topological polar surface area (TPSA) is 235 Å². The predicted molar refractivity (Wildman–Crippen MR) is 291 cm³/mol. The Hall–Kier alpha value is -6.74. The lowest BCUT2D eigenvalue weighted by molar-refractivity contribution is -0.144. The molecule has 406 valence electrons. The first-order chi connectivity index (χ1) is 35.8. The van der Waals surface area contributed by atoms with E-state index in [0.717, 1.165) is 61.5 Å². The minimum absolute atomic E-state index is 0.0561. The van der Waals surface area contributed by atoms with Gasteiger partial charge in [0.2, 0.25) is 27.7 Å². The smallest absolute Gasteiger partial charge is 0.304 e. The van der Waals surface area contributed by atoms with Crippen LogP contribution in [0.1, 0.15) is 118 Å². The van der Waals surface area contributed by atoms with Crippen LogP contribution in [0, 0.1) is 26.2 Å². The summed E-state index contributed by atoms with van der Waals surface area (Å²) in [4.78, 5) is 57.6. The number of aliphatic hydroxyl groups is 1. The molecule has 3 amide bonds. The second-order valence-electron chi connectivity index (χ2n) is 21.0. The minimum atomic E-state index is -3.84. The molecular weight excluding hydrogens is 1010 g/mol. The summed E-state index contributed by atoms with van der Waals surface area (Å²) in [6.45, 7) is 19.0. The van der Waals surface area contributed by atoms with Crippen LogP contribution in [-0.2, 0) is 49.2 Å². The number of likely N-dealkylation sites (tertiary alicyclic amines) is 1. The van der Waals surface area contributed by atoms with Crippen LogP contribution in [0.15, 0.2) is 77.1 Å². The molecule has 4 aromatic carbocycles. The van der Waals surface area contributed by atoms with Gasteiger partial charge in [0.15, 0.2) is 0 Å². The Kier molecular flexibility index (Phi) is 17.4. The van der Waals surface area contributed by atoms with E-state index in [1.165, 1.54) is 16.1 Å². The molecule has 0 radical (unpaired) electrons. The summed E-state index contributed by atoms with van der Waals surface area (Å²) in [6.07, 6.45) is -0.362. The molecule has 2 aliphatic heterocycles. The van der Waals surface area contributed by atoms with Crippen LogP contribution in [0.4, 0.5) is 0 Å². The van der Waals surface area contributed by atoms with Crippen LogP contribution in [0.2, 0.25) is 0 Å². The van der Waals surface area contributed by atoms with Gasteiger partial charge >= 0.3 is 5.97 Å². The Labute approximate surface area is 448 Å². The number of nitrogens with one attached hydrogen (secondary N) is 2. The van der Waals surface area contributed by atoms with Gasteiger partial charge in [-0.05, 0) is 121 Å². The minimum Gasteiger partial charge on any atom is -0.494 e. The Morgan fingerprint density at radius 2 is 1.70 bits per heavy atom. The summed E-state index contributed by atoms with van der Waals surface area (Å²) in [5, 5.41) is 34.2. The number of aliphatic hydroxyl groups excluding tert-OH is 1. The van der Waals surface area contributed by atoms with Gasteiger partial charge in [0.1, 0.15) is 45.6 Å². The summed E-state index contributed by atoms with van der Waals surface area (Å²) in [6, 6.07) is 18.8. The van der Waals surface area contributed by atoms with E-state index in [0.29, 0.717) is 22.5 Å². The van der Waals surface area contributed by atoms with Crippen molar-refractivity contribution in [2.24, 2.45) is 12.5 Å². The highest BCUT2D eigenvalue weighted by Gasteiger charge is 2.45. The number of aliphatic carboxylic acids is 1. The van der Waals surface area contributed by atoms with Gasteiger partial charge in [-0.3, -0.25) is 19.2 Å². The number of carboxylic acids is 1. The van der Waals surface area contributed by atoms with Gasteiger partial charge < -0.3 is 35.2 Å². The van der Waals surface area contributed by atoms with Crippen LogP contribution in [0.25, 0.3) is 21.5 Å². The number of aromatic nitrogens is 4. The molecule has 0 saturated carbocycles. The lowest BCUT2D eigenvalue weighted by Gasteiger charge is -2.35. The van der Waals surface area contributed by atoms with Gasteiger partial charge in [-0.15, -0.1) is 16.4 Å². The third-order valence-electron chi connectivity index (χ3n) is 14.0. The van der Waals surface area contributed by atoms with Crippen LogP contribution in [0.3, 0.4) is 0 Å². The van der Waals surface area contributed by atoms with E-state index in [1.54, 1.807) is 48.4 Å². The number of hydrogen-bond acceptors (Lipinski definition) is 13. The van der Waals surface area contributed by atoms with Crippen LogP contribution in [-0.4, -0.2) is 116 Å². The molecule has 2 aromatic heterocycles. The third kappa shape index (κ3) is 12.6. The first-order valence-corrected chi connectivity index (χ1v) is 27.7. The highest BCUT2D eigenvalue weighted by atomic mass is 32.2. The quantitative estimate of drug-likeness (QED) is 0.0826. The summed E-state index contributed by atoms with van der Waals surface area (Å²) in [5.74, 6) is -1.58. The fourth-order valence-electron chi connectivity index (χ4n) is 10.0. The fourth-order valence-corrected chi connectivity index (χ4v) is 12.4. The van der Waals surface area contributed by atoms with Crippen molar-refractivity contribution in [3.8, 4) is 21.9 Å². The standard InChI is InChI=1S/C29H32N4O6S.C27H38N4O4S/c1-17-6-9-27-25(10-17)39-19(3)15-33(40(27,36)37)16-22-11-20(8-7-18(22)2)23(14-28(34)35)21-12-24-29(26(13-21)38-5)32(4)31-30-24;1-8-18-11-19(23-16(3)28-14-36-23)9-10-21(18)15(2)29-25(34)22-12-20(33)13-31(22)26(35)24(27(5,6)7)30-17(4)32/h6-13,19,23H,14-16H2,1-5H3,(H,34,35);9-11,14-15,20,22,24,33H,8,12-13H2,1-7H3,(H,29,34)(H,30,32)/t19-,23+;15-,20+,22-,24+/m10/s1. The van der Waals surface area contributed by atoms with Crippen molar-refractivity contribution < 1.29 is 47.3 Å². The number of amides is 3. The number of benzene rings is 4. The van der Waals surface area contributed by atoms with E-state index in [9.17, 15) is 37.8 Å². The van der Waals surface area contributed by atoms with Gasteiger partial charge in [-0.25, -0.2) is 18.1 Å². The Morgan fingerprint density at radius 1 is 0.961 bits per heavy atom. The number of carboxylic acid groups (broad SMARTS) is 1. The van der Waals surface area contributed by atoms with Gasteiger partial charge in [0, 0.05) is 39.4 Å². The molecule has 0 spiro atoms. The molecule has 18 nitrogen and oxygen atoms in total. The number of thiazole rings is 1. The van der Waals surface area contributed by atoms with Crippen molar-refractivity contribution in [3.05, 3.63) is 117 Å². The Bertz CT molecular complexity index is 3260. The maximum absolute atomic E-state index is 13.7. The molecule has 0 aliphatic carbocycles. The number of aryl methyl sites for hydroxylation is 5. The normalized spacial score (nSPS) is 18.5. The van der Waals surface area contributed by atoms with E-state index < -0.39 is 45.5 Å². The van der Waals surface area contributed by atoms with Gasteiger partial charge in [0.05, 0.1) is 48.3 Å². The molecule has 20 heteroatoms. The van der Waals surface area contributed by atoms with Gasteiger partial charge in [0.25, 0.3) is 0 Å². The van der Waals surface area contributed by atoms with E-state index >= 15 is 0 Å². The number of hydrogen-bond donors (Lipinski definition) is 4. The monoisotopic (exact) mass is 1080 g/mol. The van der Waals surface area contributed by atoms with Crippen molar-refractivity contribution >= 4 is 56.1 Å². The molecule has 0 bridgehead atoms. The van der Waals surface area contributed by atoms with Crippen molar-refractivity contribution in [1.82, 2.24) is 39.8 Å². The number of methoxy groups -OCH3 is 1. The van der Waals surface area contributed by atoms with Crippen molar-refractivity contribution in [2.45, 2.75) is 136 Å². The number of rotatable bonds is 14. The predicted octanol–water partition coefficient (Wildman–Crippen LogP) is 7.54. The van der Waals surface area contributed by atoms with E-state index in [2.05, 4.69) is 38.9 Å². The number of fused-ring (bicyclic) bond motifs is 2. The number of carbonyl (C=O) groups excluding carboxylic acids is 3. The Balaban J connectivity index is 0.000000223. The summed E-state index contributed by atoms with van der Waals surface area (Å²) in [5.41, 5.74) is 10.9. The van der Waals surface area contributed by atoms with Gasteiger partial charge in [-0.1, -0.05) is 69.3 Å². The largest absolute Gasteiger partial charge is 0.494 e. The lowest BCUT2D eigenvalue weighted by atomic mass is 9.85. The molecule has 8 rings (SSSR count). The molecule has 4 N–H and O–H groups in total. The Morgan fingerprint density at radius 3 is 2.34 bits per heavy atom. The first-order valence-electron chi connectivity index (χ1n) is 25.4. The molecule has 2 aliphatic rings. The molecule has 6 atom stereocenters. The van der Waals surface area contributed by atoms with Crippen molar-refractivity contribution in [3.63, 3.8) is 0 Å². The average Bonchev–Trinajstić information content (AvgIpc) is 4.07. The molecule has 76 heavy (non-hydrogen) atoms. The molecule has 1 saturated heterocycles. The maximum atomic E-state index is 13.7. The van der Waals surface area contributed by atoms with Crippen LogP contribution in [0.5, 0.6) is 11.5 Å². The number of nitrogens with zero attached hydrogens (tertiary/aromatic N) is 6. The second kappa shape index (κ2) is 23.2. The summed E-state index contributed by atoms with van der Waals surface area (Å²) >= 11 is 1.61. The van der Waals surface area contributed by atoms with Crippen molar-refractivity contribution in [2.75, 3.05) is 20.2 Å². The molecular formula is C56H70N8O10S2. The molecule has 6 aromatic rings. The zero-order valence-corrected chi connectivity index (χ0v) is 46.9. The number of β-amino-alcohol motifs (C(OH)–C–C–N with tert-alkyl or cyclic N) is 1. The number of carbonyl (C=O) groups is 4. The van der Waals surface area contributed by atoms with E-state index in [-0.39, 0.29) is 67.2 Å². The summed E-state index contributed by atoms with van der Waals surface area (Å²) < 4.78 is 42.1. The number of ether oxygens (including phenoxy) is 2. The summed E-state index contributed by atoms with van der Waals surface area (Å²) in [7, 11) is -0.525. The highest BCUT2D eigenvalue weighted by Crippen LogP contribution is 2.38. The molecule has 0 unspecified atom stereocenters. The molecule has 1 fully saturated rings. The zero-order chi connectivity index (χ0) is 55.6. The molecule has 4 heterocycles. The second-order valence-corrected chi connectivity index (χ2v) is 23.7. The maximum Gasteiger partial charge on any atom is 0.304 e. The lowest BCUT2D eigenvalue weighted by Crippen LogP contribution is -2.57. The van der Waals surface area contributed by atoms with Crippen LogP contribution >= 0.6 is 11.3 Å². The average molecular weight is 1080 g/mol. The van der Waals surface area contributed by atoms with Crippen molar-refractivity contribution in [1.29, 1.82) is 0 Å². The fraction of sp³-hybridized carbons (Fsp3) is 0.446. The van der Waals surface area contributed by atoms with Gasteiger partial charge in [-0.2, -0.15) is 4.31 Å². The first kappa shape index (κ1) is 57.0. The highest BCUT2D eigenvalue weighted by molar-refractivity contribution is 7.89. The number of sulfonamides is 1.